The Morgan fingerprint density at radius 3 is 2.73 bits per heavy atom. The van der Waals surface area contributed by atoms with Crippen molar-refractivity contribution in [1.29, 1.82) is 0 Å². The highest BCUT2D eigenvalue weighted by Gasteiger charge is 2.05. The SMILES string of the molecule is CN(C)CCc1[nH]cc[n+]1C. The van der Waals surface area contributed by atoms with Crippen LogP contribution in [0.4, 0.5) is 0 Å². The topological polar surface area (TPSA) is 22.9 Å². The number of aromatic amines is 1. The summed E-state index contributed by atoms with van der Waals surface area (Å²) in [5.74, 6) is 1.28. The Hall–Kier alpha value is -0.830. The van der Waals surface area contributed by atoms with E-state index in [0.717, 1.165) is 13.0 Å². The molecule has 0 spiro atoms. The average Bonchev–Trinajstić information content (AvgIpc) is 2.31. The minimum atomic E-state index is 1.08. The van der Waals surface area contributed by atoms with Gasteiger partial charge in [-0.05, 0) is 14.1 Å². The number of H-pyrrole nitrogens is 1. The highest BCUT2D eigenvalue weighted by Crippen LogP contribution is 1.87. The molecule has 0 saturated carbocycles. The van der Waals surface area contributed by atoms with Crippen LogP contribution in [0.15, 0.2) is 12.4 Å². The first-order valence-electron chi connectivity index (χ1n) is 3.87. The number of nitrogens with one attached hydrogen (secondary N) is 1. The summed E-state index contributed by atoms with van der Waals surface area (Å²) in [7, 11) is 6.23. The van der Waals surface area contributed by atoms with Gasteiger partial charge in [-0.1, -0.05) is 0 Å². The van der Waals surface area contributed by atoms with Crippen molar-refractivity contribution < 1.29 is 4.57 Å². The van der Waals surface area contributed by atoms with Gasteiger partial charge >= 0.3 is 0 Å². The van der Waals surface area contributed by atoms with Crippen molar-refractivity contribution >= 4 is 0 Å². The standard InChI is InChI=1S/C8H15N3/c1-10(2)6-4-8-9-5-7-11(8)3/h5,7H,4,6H2,1-3H3/p+1. The smallest absolute Gasteiger partial charge is 0.255 e. The molecule has 11 heavy (non-hydrogen) atoms. The Morgan fingerprint density at radius 1 is 1.55 bits per heavy atom. The summed E-state index contributed by atoms with van der Waals surface area (Å²) >= 11 is 0. The van der Waals surface area contributed by atoms with Gasteiger partial charge in [0, 0.05) is 6.54 Å². The quantitative estimate of drug-likeness (QED) is 0.606. The van der Waals surface area contributed by atoms with E-state index in [4.69, 9.17) is 0 Å². The number of nitrogens with zero attached hydrogens (tertiary/aromatic N) is 2. The first-order valence-corrected chi connectivity index (χ1v) is 3.87. The van der Waals surface area contributed by atoms with E-state index in [1.165, 1.54) is 5.82 Å². The molecule has 0 atom stereocenters. The third-order valence-electron chi connectivity index (χ3n) is 1.77. The van der Waals surface area contributed by atoms with E-state index in [9.17, 15) is 0 Å². The Bertz CT molecular complexity index is 215. The zero-order valence-electron chi connectivity index (χ0n) is 7.46. The van der Waals surface area contributed by atoms with E-state index in [2.05, 4.69) is 35.6 Å². The van der Waals surface area contributed by atoms with Crippen molar-refractivity contribution in [2.24, 2.45) is 7.05 Å². The number of aromatic nitrogens is 2. The largest absolute Gasteiger partial charge is 0.309 e. The molecule has 0 aliphatic heterocycles. The third-order valence-corrected chi connectivity index (χ3v) is 1.77. The maximum atomic E-state index is 3.20. The first kappa shape index (κ1) is 8.27. The molecule has 62 valence electrons. The predicted octanol–water partition coefficient (Wildman–Crippen LogP) is -0.0567. The van der Waals surface area contributed by atoms with Crippen LogP contribution in [-0.4, -0.2) is 30.5 Å². The molecule has 0 unspecified atom stereocenters. The fraction of sp³-hybridized carbons (Fsp3) is 0.625. The number of hydrogen-bond donors (Lipinski definition) is 1. The van der Waals surface area contributed by atoms with Gasteiger partial charge in [0.15, 0.2) is 0 Å². The van der Waals surface area contributed by atoms with Crippen LogP contribution >= 0.6 is 0 Å². The van der Waals surface area contributed by atoms with Crippen molar-refractivity contribution in [3.05, 3.63) is 18.2 Å². The molecule has 0 amide bonds. The summed E-state index contributed by atoms with van der Waals surface area (Å²) < 4.78 is 2.11. The fourth-order valence-electron chi connectivity index (χ4n) is 1.02. The molecule has 1 heterocycles. The molecule has 0 bridgehead atoms. The van der Waals surface area contributed by atoms with Crippen LogP contribution in [0.5, 0.6) is 0 Å². The van der Waals surface area contributed by atoms with E-state index < -0.39 is 0 Å². The van der Waals surface area contributed by atoms with Gasteiger partial charge in [-0.3, -0.25) is 0 Å². The summed E-state index contributed by atoms with van der Waals surface area (Å²) in [6, 6.07) is 0. The summed E-state index contributed by atoms with van der Waals surface area (Å²) in [5, 5.41) is 0. The molecule has 0 aliphatic rings. The maximum absolute atomic E-state index is 3.20. The van der Waals surface area contributed by atoms with Gasteiger partial charge in [-0.15, -0.1) is 0 Å². The predicted molar refractivity (Wildman–Crippen MR) is 44.2 cm³/mol. The van der Waals surface area contributed by atoms with E-state index in [1.807, 2.05) is 12.4 Å². The van der Waals surface area contributed by atoms with Crippen LogP contribution in [0.3, 0.4) is 0 Å². The van der Waals surface area contributed by atoms with Gasteiger partial charge in [0.1, 0.15) is 12.4 Å². The number of aryl methyl sites for hydroxylation is 1. The molecular weight excluding hydrogens is 138 g/mol. The molecule has 3 nitrogen and oxygen atoms in total. The minimum Gasteiger partial charge on any atom is -0.309 e. The second kappa shape index (κ2) is 3.53. The van der Waals surface area contributed by atoms with Gasteiger partial charge in [0.05, 0.1) is 13.5 Å². The lowest BCUT2D eigenvalue weighted by atomic mass is 10.4. The first-order chi connectivity index (χ1) is 5.20. The third kappa shape index (κ3) is 2.35. The summed E-state index contributed by atoms with van der Waals surface area (Å²) in [5.41, 5.74) is 0. The van der Waals surface area contributed by atoms with Gasteiger partial charge < -0.3 is 4.90 Å². The van der Waals surface area contributed by atoms with Gasteiger partial charge in [0.25, 0.3) is 5.82 Å². The number of hydrogen-bond acceptors (Lipinski definition) is 1. The van der Waals surface area contributed by atoms with E-state index in [1.54, 1.807) is 0 Å². The Morgan fingerprint density at radius 2 is 2.27 bits per heavy atom. The van der Waals surface area contributed by atoms with Gasteiger partial charge in [-0.25, -0.2) is 9.55 Å². The van der Waals surface area contributed by atoms with Crippen LogP contribution in [-0.2, 0) is 13.5 Å². The molecule has 0 fully saturated rings. The van der Waals surface area contributed by atoms with Crippen LogP contribution in [0.25, 0.3) is 0 Å². The van der Waals surface area contributed by atoms with E-state index >= 15 is 0 Å². The molecule has 0 saturated heterocycles. The summed E-state index contributed by atoms with van der Waals surface area (Å²) in [6.07, 6.45) is 5.08. The van der Waals surface area contributed by atoms with Crippen molar-refractivity contribution in [2.75, 3.05) is 20.6 Å². The highest BCUT2D eigenvalue weighted by molar-refractivity contribution is 4.77. The van der Waals surface area contributed by atoms with Crippen molar-refractivity contribution in [1.82, 2.24) is 9.88 Å². The monoisotopic (exact) mass is 154 g/mol. The normalized spacial score (nSPS) is 10.9. The average molecular weight is 154 g/mol. The molecule has 1 aromatic rings. The van der Waals surface area contributed by atoms with E-state index in [-0.39, 0.29) is 0 Å². The summed E-state index contributed by atoms with van der Waals surface area (Å²) in [4.78, 5) is 5.38. The van der Waals surface area contributed by atoms with Crippen molar-refractivity contribution in [2.45, 2.75) is 6.42 Å². The van der Waals surface area contributed by atoms with E-state index in [0.29, 0.717) is 0 Å². The Labute approximate surface area is 67.7 Å². The number of rotatable bonds is 3. The molecule has 1 aromatic heterocycles. The molecule has 1 rings (SSSR count). The van der Waals surface area contributed by atoms with Crippen LogP contribution in [0, 0.1) is 0 Å². The number of likely N-dealkylation sites (N-methyl/N-ethyl adjacent to an activating group) is 1. The lowest BCUT2D eigenvalue weighted by Crippen LogP contribution is -2.32. The fourth-order valence-corrected chi connectivity index (χ4v) is 1.02. The summed E-state index contributed by atoms with van der Waals surface area (Å²) in [6.45, 7) is 1.09. The zero-order valence-corrected chi connectivity index (χ0v) is 7.46. The van der Waals surface area contributed by atoms with Crippen molar-refractivity contribution in [3.63, 3.8) is 0 Å². The molecule has 0 radical (unpaired) electrons. The Kier molecular flexibility index (Phi) is 2.65. The molecule has 3 heteroatoms. The zero-order chi connectivity index (χ0) is 8.27. The van der Waals surface area contributed by atoms with Crippen molar-refractivity contribution in [3.8, 4) is 0 Å². The molecule has 1 N–H and O–H groups in total. The van der Waals surface area contributed by atoms with Gasteiger partial charge in [-0.2, -0.15) is 0 Å². The lowest BCUT2D eigenvalue weighted by molar-refractivity contribution is -0.677. The van der Waals surface area contributed by atoms with Crippen LogP contribution in [0.1, 0.15) is 5.82 Å². The lowest BCUT2D eigenvalue weighted by Gasteiger charge is -2.05. The highest BCUT2D eigenvalue weighted by atomic mass is 15.1. The molecule has 0 aliphatic carbocycles. The van der Waals surface area contributed by atoms with Crippen LogP contribution < -0.4 is 4.57 Å². The van der Waals surface area contributed by atoms with Gasteiger partial charge in [0.2, 0.25) is 0 Å². The number of imidazole rings is 1. The molecular formula is C8H16N3+. The minimum absolute atomic E-state index is 1.08. The van der Waals surface area contributed by atoms with Crippen LogP contribution in [0.2, 0.25) is 0 Å². The second-order valence-electron chi connectivity index (χ2n) is 3.07. The maximum Gasteiger partial charge on any atom is 0.255 e. The Balaban J connectivity index is 2.44. The second-order valence-corrected chi connectivity index (χ2v) is 3.07. The molecule has 0 aromatic carbocycles.